The van der Waals surface area contributed by atoms with Crippen LogP contribution in [0.2, 0.25) is 0 Å². The first-order chi connectivity index (χ1) is 12.3. The fraction of sp³-hybridized carbons (Fsp3) is 0.118. The van der Waals surface area contributed by atoms with Gasteiger partial charge >= 0.3 is 6.18 Å². The molecule has 0 atom stereocenters. The Bertz CT molecular complexity index is 940. The highest BCUT2D eigenvalue weighted by molar-refractivity contribution is 9.10. The second kappa shape index (κ2) is 7.28. The lowest BCUT2D eigenvalue weighted by Crippen LogP contribution is -2.23. The summed E-state index contributed by atoms with van der Waals surface area (Å²) in [5.74, 6) is -0.363. The summed E-state index contributed by atoms with van der Waals surface area (Å²) >= 11 is 3.19. The van der Waals surface area contributed by atoms with Crippen molar-refractivity contribution in [1.82, 2.24) is 20.1 Å². The van der Waals surface area contributed by atoms with E-state index in [1.165, 1.54) is 23.0 Å². The van der Waals surface area contributed by atoms with Crippen molar-refractivity contribution in [2.75, 3.05) is 0 Å². The van der Waals surface area contributed by atoms with Crippen molar-refractivity contribution in [2.24, 2.45) is 0 Å². The number of hydrogen-bond acceptors (Lipinski definition) is 3. The highest BCUT2D eigenvalue weighted by Crippen LogP contribution is 2.30. The summed E-state index contributed by atoms with van der Waals surface area (Å²) in [6.07, 6.45) is -1.38. The Hall–Kier alpha value is -2.68. The number of nitrogens with zero attached hydrogens (tertiary/aromatic N) is 3. The monoisotopic (exact) mass is 424 g/mol. The van der Waals surface area contributed by atoms with Crippen LogP contribution in [-0.2, 0) is 12.7 Å². The number of aromatic nitrogens is 3. The Morgan fingerprint density at radius 2 is 1.96 bits per heavy atom. The van der Waals surface area contributed by atoms with Gasteiger partial charge in [-0.25, -0.2) is 9.67 Å². The van der Waals surface area contributed by atoms with Crippen LogP contribution in [0, 0.1) is 0 Å². The van der Waals surface area contributed by atoms with Crippen molar-refractivity contribution in [3.8, 4) is 5.69 Å². The molecule has 3 aromatic rings. The van der Waals surface area contributed by atoms with Gasteiger partial charge in [-0.1, -0.05) is 12.1 Å². The Labute approximate surface area is 155 Å². The Balaban J connectivity index is 1.70. The summed E-state index contributed by atoms with van der Waals surface area (Å²) in [4.78, 5) is 16.1. The largest absolute Gasteiger partial charge is 0.416 e. The molecule has 9 heteroatoms. The standard InChI is InChI=1S/C17H12BrF3N4O/c18-15-6-2-5-14(24-15)16(26)22-8-11-9-23-25(10-11)13-4-1-3-12(7-13)17(19,20)21/h1-7,9-10H,8H2,(H,22,26). The molecule has 0 spiro atoms. The van der Waals surface area contributed by atoms with Gasteiger partial charge in [0.1, 0.15) is 10.3 Å². The van der Waals surface area contributed by atoms with E-state index >= 15 is 0 Å². The van der Waals surface area contributed by atoms with Crippen molar-refractivity contribution in [2.45, 2.75) is 12.7 Å². The number of amides is 1. The van der Waals surface area contributed by atoms with Crippen LogP contribution in [0.4, 0.5) is 13.2 Å². The SMILES string of the molecule is O=C(NCc1cnn(-c2cccc(C(F)(F)F)c2)c1)c1cccc(Br)n1. The number of pyridine rings is 1. The molecule has 0 saturated heterocycles. The number of rotatable bonds is 4. The molecule has 0 bridgehead atoms. The van der Waals surface area contributed by atoms with Gasteiger partial charge in [0.2, 0.25) is 0 Å². The molecule has 0 unspecified atom stereocenters. The van der Waals surface area contributed by atoms with Gasteiger partial charge in [-0.05, 0) is 46.3 Å². The van der Waals surface area contributed by atoms with Crippen molar-refractivity contribution >= 4 is 21.8 Å². The van der Waals surface area contributed by atoms with Crippen LogP contribution in [0.1, 0.15) is 21.6 Å². The molecule has 1 amide bonds. The number of alkyl halides is 3. The van der Waals surface area contributed by atoms with Gasteiger partial charge in [0.25, 0.3) is 5.91 Å². The first kappa shape index (κ1) is 18.1. The highest BCUT2D eigenvalue weighted by atomic mass is 79.9. The minimum atomic E-state index is -4.42. The van der Waals surface area contributed by atoms with Crippen molar-refractivity contribution in [3.05, 3.63) is 76.3 Å². The topological polar surface area (TPSA) is 59.8 Å². The first-order valence-corrected chi connectivity index (χ1v) is 8.24. The Morgan fingerprint density at radius 1 is 1.19 bits per heavy atom. The van der Waals surface area contributed by atoms with Crippen molar-refractivity contribution in [1.29, 1.82) is 0 Å². The maximum Gasteiger partial charge on any atom is 0.416 e. The average Bonchev–Trinajstić information content (AvgIpc) is 3.08. The number of hydrogen-bond donors (Lipinski definition) is 1. The lowest BCUT2D eigenvalue weighted by atomic mass is 10.2. The Kier molecular flexibility index (Phi) is 5.08. The predicted molar refractivity (Wildman–Crippen MR) is 91.7 cm³/mol. The lowest BCUT2D eigenvalue weighted by Gasteiger charge is -2.08. The third-order valence-corrected chi connectivity index (χ3v) is 3.92. The van der Waals surface area contributed by atoms with Crippen LogP contribution < -0.4 is 5.32 Å². The van der Waals surface area contributed by atoms with E-state index in [2.05, 4.69) is 31.3 Å². The zero-order valence-corrected chi connectivity index (χ0v) is 14.8. The van der Waals surface area contributed by atoms with Crippen LogP contribution in [-0.4, -0.2) is 20.7 Å². The maximum atomic E-state index is 12.8. The van der Waals surface area contributed by atoms with Gasteiger partial charge in [0.05, 0.1) is 17.4 Å². The van der Waals surface area contributed by atoms with E-state index in [1.807, 2.05) is 0 Å². The van der Waals surface area contributed by atoms with E-state index in [4.69, 9.17) is 0 Å². The van der Waals surface area contributed by atoms with Gasteiger partial charge in [0, 0.05) is 18.3 Å². The molecule has 2 aromatic heterocycles. The summed E-state index contributed by atoms with van der Waals surface area (Å²) < 4.78 is 40.3. The van der Waals surface area contributed by atoms with Crippen LogP contribution in [0.5, 0.6) is 0 Å². The normalized spacial score (nSPS) is 11.4. The van der Waals surface area contributed by atoms with Crippen LogP contribution >= 0.6 is 15.9 Å². The van der Waals surface area contributed by atoms with E-state index in [-0.39, 0.29) is 23.8 Å². The molecule has 1 N–H and O–H groups in total. The van der Waals surface area contributed by atoms with Crippen molar-refractivity contribution < 1.29 is 18.0 Å². The summed E-state index contributed by atoms with van der Waals surface area (Å²) in [6.45, 7) is 0.173. The molecule has 0 aliphatic heterocycles. The lowest BCUT2D eigenvalue weighted by molar-refractivity contribution is -0.137. The van der Waals surface area contributed by atoms with E-state index < -0.39 is 11.7 Å². The van der Waals surface area contributed by atoms with Crippen LogP contribution in [0.3, 0.4) is 0 Å². The van der Waals surface area contributed by atoms with E-state index in [0.717, 1.165) is 12.1 Å². The van der Waals surface area contributed by atoms with Gasteiger partial charge in [-0.3, -0.25) is 4.79 Å². The average molecular weight is 425 g/mol. The fourth-order valence-electron chi connectivity index (χ4n) is 2.22. The molecule has 0 aliphatic rings. The molecule has 0 radical (unpaired) electrons. The Morgan fingerprint density at radius 3 is 2.69 bits per heavy atom. The third kappa shape index (κ3) is 4.29. The molecule has 5 nitrogen and oxygen atoms in total. The molecular formula is C17H12BrF3N4O. The summed E-state index contributed by atoms with van der Waals surface area (Å²) in [5.41, 5.74) is 0.433. The van der Waals surface area contributed by atoms with Gasteiger partial charge < -0.3 is 5.32 Å². The van der Waals surface area contributed by atoms with Crippen molar-refractivity contribution in [3.63, 3.8) is 0 Å². The first-order valence-electron chi connectivity index (χ1n) is 7.45. The number of benzene rings is 1. The van der Waals surface area contributed by atoms with Gasteiger partial charge in [-0.2, -0.15) is 18.3 Å². The van der Waals surface area contributed by atoms with E-state index in [9.17, 15) is 18.0 Å². The smallest absolute Gasteiger partial charge is 0.347 e. The molecule has 0 saturated carbocycles. The van der Waals surface area contributed by atoms with E-state index in [0.29, 0.717) is 10.2 Å². The number of nitrogens with one attached hydrogen (secondary N) is 1. The molecule has 0 aliphatic carbocycles. The van der Waals surface area contributed by atoms with Crippen LogP contribution in [0.25, 0.3) is 5.69 Å². The molecule has 134 valence electrons. The molecule has 1 aromatic carbocycles. The summed E-state index contributed by atoms with van der Waals surface area (Å²) in [5, 5.41) is 6.74. The quantitative estimate of drug-likeness (QED) is 0.644. The van der Waals surface area contributed by atoms with Crippen LogP contribution in [0.15, 0.2) is 59.5 Å². The second-order valence-corrected chi connectivity index (χ2v) is 6.18. The zero-order chi connectivity index (χ0) is 18.7. The van der Waals surface area contributed by atoms with Gasteiger partial charge in [0.15, 0.2) is 0 Å². The summed E-state index contributed by atoms with van der Waals surface area (Å²) in [7, 11) is 0. The second-order valence-electron chi connectivity index (χ2n) is 5.37. The molecule has 2 heterocycles. The maximum absolute atomic E-state index is 12.8. The predicted octanol–water partition coefficient (Wildman–Crippen LogP) is 3.98. The van der Waals surface area contributed by atoms with E-state index in [1.54, 1.807) is 24.4 Å². The number of halogens is 4. The highest BCUT2D eigenvalue weighted by Gasteiger charge is 2.30. The fourth-order valence-corrected chi connectivity index (χ4v) is 2.57. The minimum absolute atomic E-state index is 0.173. The number of carbonyl (C=O) groups is 1. The molecule has 26 heavy (non-hydrogen) atoms. The molecule has 0 fully saturated rings. The number of carbonyl (C=O) groups excluding carboxylic acids is 1. The molecular weight excluding hydrogens is 413 g/mol. The molecule has 3 rings (SSSR count). The summed E-state index contributed by atoms with van der Waals surface area (Å²) in [6, 6.07) is 9.83. The van der Waals surface area contributed by atoms with Gasteiger partial charge in [-0.15, -0.1) is 0 Å². The third-order valence-electron chi connectivity index (χ3n) is 3.47. The zero-order valence-electron chi connectivity index (χ0n) is 13.2. The minimum Gasteiger partial charge on any atom is -0.347 e.